The number of nitrogens with one attached hydrogen (secondary N) is 1. The van der Waals surface area contributed by atoms with Crippen LogP contribution in [0.25, 0.3) is 0 Å². The maximum absolute atomic E-state index is 11.6. The number of rotatable bonds is 2. The van der Waals surface area contributed by atoms with Gasteiger partial charge in [0.1, 0.15) is 5.41 Å². The average Bonchev–Trinajstić information content (AvgIpc) is 2.17. The van der Waals surface area contributed by atoms with Gasteiger partial charge in [-0.2, -0.15) is 5.26 Å². The lowest BCUT2D eigenvalue weighted by molar-refractivity contribution is -0.121. The Morgan fingerprint density at radius 2 is 2.20 bits per heavy atom. The summed E-state index contributed by atoms with van der Waals surface area (Å²) in [4.78, 5) is 11.6. The Balaban J connectivity index is 2.81. The average molecular weight is 223 g/mol. The second-order valence-corrected chi connectivity index (χ2v) is 4.14. The molecule has 0 radical (unpaired) electrons. The van der Waals surface area contributed by atoms with E-state index in [9.17, 15) is 4.79 Å². The summed E-state index contributed by atoms with van der Waals surface area (Å²) < 4.78 is 0. The van der Waals surface area contributed by atoms with Gasteiger partial charge in [0.05, 0.1) is 6.07 Å². The van der Waals surface area contributed by atoms with E-state index in [0.717, 1.165) is 0 Å². The van der Waals surface area contributed by atoms with E-state index in [1.807, 2.05) is 6.07 Å². The van der Waals surface area contributed by atoms with Crippen LogP contribution in [-0.2, 0) is 4.79 Å². The van der Waals surface area contributed by atoms with Crippen LogP contribution in [0.3, 0.4) is 0 Å². The summed E-state index contributed by atoms with van der Waals surface area (Å²) >= 11 is 5.76. The zero-order valence-electron chi connectivity index (χ0n) is 8.54. The molecule has 0 saturated heterocycles. The molecule has 15 heavy (non-hydrogen) atoms. The lowest BCUT2D eigenvalue weighted by atomic mass is 9.95. The summed E-state index contributed by atoms with van der Waals surface area (Å²) in [5.74, 6) is -0.340. The fourth-order valence-corrected chi connectivity index (χ4v) is 1.09. The highest BCUT2D eigenvalue weighted by Crippen LogP contribution is 2.19. The number of carbonyl (C=O) groups excluding carboxylic acids is 1. The van der Waals surface area contributed by atoms with Crippen molar-refractivity contribution in [2.75, 3.05) is 5.32 Å². The summed E-state index contributed by atoms with van der Waals surface area (Å²) in [5, 5.41) is 11.9. The maximum atomic E-state index is 11.6. The largest absolute Gasteiger partial charge is 0.325 e. The van der Waals surface area contributed by atoms with Gasteiger partial charge in [-0.15, -0.1) is 0 Å². The van der Waals surface area contributed by atoms with E-state index in [0.29, 0.717) is 10.7 Å². The van der Waals surface area contributed by atoms with Crippen LogP contribution in [0.5, 0.6) is 0 Å². The van der Waals surface area contributed by atoms with Gasteiger partial charge in [-0.25, -0.2) is 0 Å². The van der Waals surface area contributed by atoms with Gasteiger partial charge in [-0.1, -0.05) is 17.7 Å². The fourth-order valence-electron chi connectivity index (χ4n) is 0.904. The third-order valence-electron chi connectivity index (χ3n) is 1.93. The van der Waals surface area contributed by atoms with Crippen LogP contribution in [0.1, 0.15) is 13.8 Å². The number of hydrogen-bond donors (Lipinski definition) is 1. The SMILES string of the molecule is CC(C)(C#N)C(=O)Nc1cccc(Cl)c1. The lowest BCUT2D eigenvalue weighted by Gasteiger charge is -2.14. The molecular formula is C11H11ClN2O. The van der Waals surface area contributed by atoms with E-state index in [-0.39, 0.29) is 5.91 Å². The predicted octanol–water partition coefficient (Wildman–Crippen LogP) is 2.83. The molecule has 3 nitrogen and oxygen atoms in total. The zero-order valence-corrected chi connectivity index (χ0v) is 9.30. The van der Waals surface area contributed by atoms with Gasteiger partial charge < -0.3 is 5.32 Å². The monoisotopic (exact) mass is 222 g/mol. The summed E-state index contributed by atoms with van der Waals surface area (Å²) in [5.41, 5.74) is -0.446. The fraction of sp³-hybridized carbons (Fsp3) is 0.273. The minimum Gasteiger partial charge on any atom is -0.325 e. The van der Waals surface area contributed by atoms with Crippen LogP contribution < -0.4 is 5.32 Å². The molecule has 1 amide bonds. The van der Waals surface area contributed by atoms with Gasteiger partial charge >= 0.3 is 0 Å². The third kappa shape index (κ3) is 2.97. The van der Waals surface area contributed by atoms with Crippen LogP contribution in [0.2, 0.25) is 5.02 Å². The third-order valence-corrected chi connectivity index (χ3v) is 2.16. The molecule has 0 atom stereocenters. The van der Waals surface area contributed by atoms with Gasteiger partial charge in [0.15, 0.2) is 0 Å². The summed E-state index contributed by atoms with van der Waals surface area (Å²) in [6.45, 7) is 3.12. The molecule has 0 fully saturated rings. The van der Waals surface area contributed by atoms with Crippen molar-refractivity contribution >= 4 is 23.2 Å². The first kappa shape index (κ1) is 11.5. The summed E-state index contributed by atoms with van der Waals surface area (Å²) in [6.07, 6.45) is 0. The van der Waals surface area contributed by atoms with Crippen molar-refractivity contribution in [1.29, 1.82) is 5.26 Å². The Labute approximate surface area is 93.7 Å². The van der Waals surface area contributed by atoms with Gasteiger partial charge in [0.2, 0.25) is 5.91 Å². The van der Waals surface area contributed by atoms with Crippen molar-refractivity contribution in [3.63, 3.8) is 0 Å². The van der Waals surface area contributed by atoms with E-state index < -0.39 is 5.41 Å². The maximum Gasteiger partial charge on any atom is 0.244 e. The van der Waals surface area contributed by atoms with E-state index in [2.05, 4.69) is 5.32 Å². The molecule has 0 aromatic heterocycles. The lowest BCUT2D eigenvalue weighted by Crippen LogP contribution is -2.29. The zero-order chi connectivity index (χ0) is 11.5. The first-order valence-electron chi connectivity index (χ1n) is 4.44. The Bertz CT molecular complexity index is 421. The Morgan fingerprint density at radius 1 is 1.53 bits per heavy atom. The van der Waals surface area contributed by atoms with Crippen molar-refractivity contribution in [3.8, 4) is 6.07 Å². The molecule has 0 unspecified atom stereocenters. The number of nitriles is 1. The molecular weight excluding hydrogens is 212 g/mol. The van der Waals surface area contributed by atoms with Crippen molar-refractivity contribution in [2.24, 2.45) is 5.41 Å². The smallest absolute Gasteiger partial charge is 0.244 e. The number of halogens is 1. The Hall–Kier alpha value is -1.53. The number of carbonyl (C=O) groups is 1. The Kier molecular flexibility index (Phi) is 3.33. The first-order valence-corrected chi connectivity index (χ1v) is 4.82. The van der Waals surface area contributed by atoms with Gasteiger partial charge in [-0.3, -0.25) is 4.79 Å². The first-order chi connectivity index (χ1) is 6.95. The molecule has 0 bridgehead atoms. The molecule has 1 aromatic carbocycles. The molecule has 0 heterocycles. The van der Waals surface area contributed by atoms with Crippen LogP contribution in [0.15, 0.2) is 24.3 Å². The van der Waals surface area contributed by atoms with Crippen molar-refractivity contribution < 1.29 is 4.79 Å². The molecule has 0 aliphatic heterocycles. The highest BCUT2D eigenvalue weighted by molar-refractivity contribution is 6.30. The molecule has 1 aromatic rings. The number of hydrogen-bond acceptors (Lipinski definition) is 2. The minimum absolute atomic E-state index is 0.340. The summed E-state index contributed by atoms with van der Waals surface area (Å²) in [6, 6.07) is 8.73. The van der Waals surface area contributed by atoms with Crippen molar-refractivity contribution in [1.82, 2.24) is 0 Å². The van der Waals surface area contributed by atoms with Crippen LogP contribution >= 0.6 is 11.6 Å². The summed E-state index contributed by atoms with van der Waals surface area (Å²) in [7, 11) is 0. The van der Waals surface area contributed by atoms with E-state index in [1.54, 1.807) is 38.1 Å². The van der Waals surface area contributed by atoms with Crippen LogP contribution in [-0.4, -0.2) is 5.91 Å². The number of anilines is 1. The molecule has 1 N–H and O–H groups in total. The van der Waals surface area contributed by atoms with Gasteiger partial charge in [-0.05, 0) is 32.0 Å². The van der Waals surface area contributed by atoms with E-state index in [4.69, 9.17) is 16.9 Å². The van der Waals surface area contributed by atoms with Crippen molar-refractivity contribution in [2.45, 2.75) is 13.8 Å². The number of benzene rings is 1. The number of nitrogens with zero attached hydrogens (tertiary/aromatic N) is 1. The molecule has 0 spiro atoms. The van der Waals surface area contributed by atoms with E-state index in [1.165, 1.54) is 0 Å². The van der Waals surface area contributed by atoms with Crippen LogP contribution in [0, 0.1) is 16.7 Å². The van der Waals surface area contributed by atoms with Crippen molar-refractivity contribution in [3.05, 3.63) is 29.3 Å². The van der Waals surface area contributed by atoms with Gasteiger partial charge in [0.25, 0.3) is 0 Å². The molecule has 4 heteroatoms. The molecule has 1 rings (SSSR count). The molecule has 0 saturated carbocycles. The standard InChI is InChI=1S/C11H11ClN2O/c1-11(2,7-13)10(15)14-9-5-3-4-8(12)6-9/h3-6H,1-2H3,(H,14,15). The second-order valence-electron chi connectivity index (χ2n) is 3.70. The molecule has 78 valence electrons. The highest BCUT2D eigenvalue weighted by atomic mass is 35.5. The normalized spacial score (nSPS) is 10.5. The molecule has 0 aliphatic carbocycles. The van der Waals surface area contributed by atoms with E-state index >= 15 is 0 Å². The minimum atomic E-state index is -1.04. The predicted molar refractivity (Wildman–Crippen MR) is 59.5 cm³/mol. The second kappa shape index (κ2) is 4.33. The van der Waals surface area contributed by atoms with Crippen LogP contribution in [0.4, 0.5) is 5.69 Å². The number of amides is 1. The highest BCUT2D eigenvalue weighted by Gasteiger charge is 2.27. The molecule has 0 aliphatic rings. The van der Waals surface area contributed by atoms with Gasteiger partial charge in [0, 0.05) is 10.7 Å². The quantitative estimate of drug-likeness (QED) is 0.837. The topological polar surface area (TPSA) is 52.9 Å². The Morgan fingerprint density at radius 3 is 2.73 bits per heavy atom.